The zero-order valence-electron chi connectivity index (χ0n) is 15.5. The van der Waals surface area contributed by atoms with Gasteiger partial charge in [0, 0.05) is 30.1 Å². The number of amides is 1. The Morgan fingerprint density at radius 3 is 2.69 bits per heavy atom. The van der Waals surface area contributed by atoms with Crippen molar-refractivity contribution in [2.45, 2.75) is 20.4 Å². The molecule has 0 aliphatic heterocycles. The zero-order valence-corrected chi connectivity index (χ0v) is 15.5. The maximum absolute atomic E-state index is 12.9. The first-order valence-electron chi connectivity index (χ1n) is 8.58. The summed E-state index contributed by atoms with van der Waals surface area (Å²) in [6.07, 6.45) is 0. The number of benzene rings is 2. The quantitative estimate of drug-likeness (QED) is 0.658. The highest BCUT2D eigenvalue weighted by molar-refractivity contribution is 5.99. The van der Waals surface area contributed by atoms with Crippen LogP contribution in [0.2, 0.25) is 0 Å². The second-order valence-electron chi connectivity index (χ2n) is 6.12. The lowest BCUT2D eigenvalue weighted by Gasteiger charge is -2.18. The van der Waals surface area contributed by atoms with Crippen molar-refractivity contribution in [2.24, 2.45) is 0 Å². The Hall–Kier alpha value is -2.95. The number of methoxy groups -OCH3 is 1. The van der Waals surface area contributed by atoms with Gasteiger partial charge in [-0.15, -0.1) is 0 Å². The largest absolute Gasteiger partial charge is 0.496 e. The summed E-state index contributed by atoms with van der Waals surface area (Å²) in [5.74, 6) is 1.72. The minimum atomic E-state index is -0.164. The van der Waals surface area contributed by atoms with E-state index in [1.165, 1.54) is 0 Å². The SMILES string of the molecule is CCOc1ccc2oc(C(=O)N(C)Cc3ccccc3OC)c(C)c2c1. The van der Waals surface area contributed by atoms with Crippen molar-refractivity contribution in [3.05, 3.63) is 59.4 Å². The van der Waals surface area contributed by atoms with E-state index in [9.17, 15) is 4.79 Å². The second kappa shape index (κ2) is 7.52. The maximum Gasteiger partial charge on any atom is 0.289 e. The van der Waals surface area contributed by atoms with Crippen LogP contribution in [0.5, 0.6) is 11.5 Å². The van der Waals surface area contributed by atoms with E-state index in [4.69, 9.17) is 13.9 Å². The second-order valence-corrected chi connectivity index (χ2v) is 6.12. The number of para-hydroxylation sites is 1. The molecular weight excluding hydrogens is 330 g/mol. The van der Waals surface area contributed by atoms with Gasteiger partial charge in [-0.05, 0) is 38.1 Å². The Balaban J connectivity index is 1.88. The van der Waals surface area contributed by atoms with Gasteiger partial charge in [-0.2, -0.15) is 0 Å². The molecule has 1 amide bonds. The fourth-order valence-electron chi connectivity index (χ4n) is 2.99. The van der Waals surface area contributed by atoms with Crippen molar-refractivity contribution >= 4 is 16.9 Å². The molecule has 0 saturated carbocycles. The van der Waals surface area contributed by atoms with Crippen LogP contribution < -0.4 is 9.47 Å². The van der Waals surface area contributed by atoms with Crippen molar-refractivity contribution in [1.82, 2.24) is 4.90 Å². The Morgan fingerprint density at radius 2 is 1.96 bits per heavy atom. The summed E-state index contributed by atoms with van der Waals surface area (Å²) in [4.78, 5) is 14.5. The van der Waals surface area contributed by atoms with Gasteiger partial charge in [-0.25, -0.2) is 0 Å². The first-order valence-corrected chi connectivity index (χ1v) is 8.58. The van der Waals surface area contributed by atoms with E-state index in [-0.39, 0.29) is 5.91 Å². The molecule has 0 bridgehead atoms. The first kappa shape index (κ1) is 17.9. The Morgan fingerprint density at radius 1 is 1.19 bits per heavy atom. The molecule has 2 aromatic carbocycles. The van der Waals surface area contributed by atoms with Crippen molar-refractivity contribution in [2.75, 3.05) is 20.8 Å². The van der Waals surface area contributed by atoms with Crippen LogP contribution in [0.15, 0.2) is 46.9 Å². The first-order chi connectivity index (χ1) is 12.5. The standard InChI is InChI=1S/C21H23NO4/c1-5-25-16-10-11-19-17(12-16)14(2)20(26-19)21(23)22(3)13-15-8-6-7-9-18(15)24-4/h6-12H,5,13H2,1-4H3. The van der Waals surface area contributed by atoms with Crippen molar-refractivity contribution in [1.29, 1.82) is 0 Å². The predicted molar refractivity (Wildman–Crippen MR) is 101 cm³/mol. The van der Waals surface area contributed by atoms with E-state index in [1.807, 2.05) is 56.3 Å². The number of hydrogen-bond donors (Lipinski definition) is 0. The number of fused-ring (bicyclic) bond motifs is 1. The molecular formula is C21H23NO4. The third kappa shape index (κ3) is 3.38. The minimum Gasteiger partial charge on any atom is -0.496 e. The predicted octanol–water partition coefficient (Wildman–Crippen LogP) is 4.42. The molecule has 5 heteroatoms. The Labute approximate surface area is 153 Å². The van der Waals surface area contributed by atoms with E-state index < -0.39 is 0 Å². The zero-order chi connectivity index (χ0) is 18.7. The van der Waals surface area contributed by atoms with E-state index in [0.29, 0.717) is 24.5 Å². The summed E-state index contributed by atoms with van der Waals surface area (Å²) in [6.45, 7) is 4.86. The summed E-state index contributed by atoms with van der Waals surface area (Å²) < 4.78 is 16.7. The lowest BCUT2D eigenvalue weighted by atomic mass is 10.1. The number of hydrogen-bond acceptors (Lipinski definition) is 4. The van der Waals surface area contributed by atoms with Crippen molar-refractivity contribution < 1.29 is 18.7 Å². The number of furan rings is 1. The lowest BCUT2D eigenvalue weighted by Crippen LogP contribution is -2.26. The van der Waals surface area contributed by atoms with Crippen LogP contribution in [0.3, 0.4) is 0 Å². The fraction of sp³-hybridized carbons (Fsp3) is 0.286. The highest BCUT2D eigenvalue weighted by Crippen LogP contribution is 2.30. The number of rotatable bonds is 6. The third-order valence-electron chi connectivity index (χ3n) is 4.36. The molecule has 0 aliphatic carbocycles. The van der Waals surface area contributed by atoms with Gasteiger partial charge in [-0.3, -0.25) is 4.79 Å². The van der Waals surface area contributed by atoms with Gasteiger partial charge in [0.1, 0.15) is 17.1 Å². The molecule has 0 unspecified atom stereocenters. The minimum absolute atomic E-state index is 0.164. The van der Waals surface area contributed by atoms with Gasteiger partial charge in [0.25, 0.3) is 5.91 Å². The molecule has 0 N–H and O–H groups in total. The normalized spacial score (nSPS) is 10.8. The monoisotopic (exact) mass is 353 g/mol. The molecule has 0 saturated heterocycles. The van der Waals surface area contributed by atoms with E-state index in [0.717, 1.165) is 28.0 Å². The van der Waals surface area contributed by atoms with Crippen LogP contribution >= 0.6 is 0 Å². The summed E-state index contributed by atoms with van der Waals surface area (Å²) in [5.41, 5.74) is 2.44. The van der Waals surface area contributed by atoms with Gasteiger partial charge in [0.2, 0.25) is 0 Å². The molecule has 5 nitrogen and oxygen atoms in total. The summed E-state index contributed by atoms with van der Waals surface area (Å²) in [6, 6.07) is 13.3. The van der Waals surface area contributed by atoms with Gasteiger partial charge in [-0.1, -0.05) is 18.2 Å². The summed E-state index contributed by atoms with van der Waals surface area (Å²) >= 11 is 0. The third-order valence-corrected chi connectivity index (χ3v) is 4.36. The van der Waals surface area contributed by atoms with Gasteiger partial charge in [0.05, 0.1) is 13.7 Å². The molecule has 0 aliphatic rings. The van der Waals surface area contributed by atoms with Gasteiger partial charge >= 0.3 is 0 Å². The van der Waals surface area contributed by atoms with Crippen molar-refractivity contribution in [3.8, 4) is 11.5 Å². The van der Waals surface area contributed by atoms with Crippen molar-refractivity contribution in [3.63, 3.8) is 0 Å². The molecule has 0 spiro atoms. The number of carbonyl (C=O) groups excluding carboxylic acids is 1. The van der Waals surface area contributed by atoms with E-state index >= 15 is 0 Å². The molecule has 0 radical (unpaired) electrons. The molecule has 136 valence electrons. The van der Waals surface area contributed by atoms with Gasteiger partial charge < -0.3 is 18.8 Å². The molecule has 1 aromatic heterocycles. The van der Waals surface area contributed by atoms with E-state index in [1.54, 1.807) is 19.1 Å². The molecule has 3 aromatic rings. The van der Waals surface area contributed by atoms with Gasteiger partial charge in [0.15, 0.2) is 5.76 Å². The molecule has 0 fully saturated rings. The lowest BCUT2D eigenvalue weighted by molar-refractivity contribution is 0.0754. The fourth-order valence-corrected chi connectivity index (χ4v) is 2.99. The van der Waals surface area contributed by atoms with Crippen LogP contribution in [-0.4, -0.2) is 31.6 Å². The average Bonchev–Trinajstić information content (AvgIpc) is 2.98. The average molecular weight is 353 g/mol. The van der Waals surface area contributed by atoms with Crippen LogP contribution in [0.4, 0.5) is 0 Å². The molecule has 1 heterocycles. The molecule has 0 atom stereocenters. The Kier molecular flexibility index (Phi) is 5.16. The number of ether oxygens (including phenoxy) is 2. The molecule has 3 rings (SSSR count). The highest BCUT2D eigenvalue weighted by atomic mass is 16.5. The highest BCUT2D eigenvalue weighted by Gasteiger charge is 2.22. The Bertz CT molecular complexity index is 929. The number of aryl methyl sites for hydroxylation is 1. The summed E-state index contributed by atoms with van der Waals surface area (Å²) in [5, 5.41) is 0.894. The maximum atomic E-state index is 12.9. The summed E-state index contributed by atoms with van der Waals surface area (Å²) in [7, 11) is 3.38. The molecule has 26 heavy (non-hydrogen) atoms. The number of nitrogens with zero attached hydrogens (tertiary/aromatic N) is 1. The number of carbonyl (C=O) groups is 1. The topological polar surface area (TPSA) is 51.9 Å². The van der Waals surface area contributed by atoms with Crippen LogP contribution in [0, 0.1) is 6.92 Å². The van der Waals surface area contributed by atoms with Crippen LogP contribution in [0.1, 0.15) is 28.6 Å². The van der Waals surface area contributed by atoms with E-state index in [2.05, 4.69) is 0 Å². The van der Waals surface area contributed by atoms with Crippen LogP contribution in [-0.2, 0) is 6.54 Å². The van der Waals surface area contributed by atoms with Crippen LogP contribution in [0.25, 0.3) is 11.0 Å². The smallest absolute Gasteiger partial charge is 0.289 e.